The van der Waals surface area contributed by atoms with E-state index in [-0.39, 0.29) is 12.6 Å². The zero-order chi connectivity index (χ0) is 17.5. The average Bonchev–Trinajstić information content (AvgIpc) is 2.60. The molecule has 0 radical (unpaired) electrons. The van der Waals surface area contributed by atoms with E-state index in [2.05, 4.69) is 0 Å². The monoisotopic (exact) mass is 334 g/mol. The van der Waals surface area contributed by atoms with E-state index in [0.717, 1.165) is 18.4 Å². The van der Waals surface area contributed by atoms with Crippen LogP contribution in [0.2, 0.25) is 0 Å². The molecule has 0 spiro atoms. The smallest absolute Gasteiger partial charge is 0.310 e. The molecular weight excluding hydrogens is 308 g/mol. The number of hydrogen-bond donors (Lipinski definition) is 1. The number of rotatable bonds is 6. The number of carbonyl (C=O) groups is 2. The van der Waals surface area contributed by atoms with E-state index in [4.69, 9.17) is 9.47 Å². The van der Waals surface area contributed by atoms with Crippen LogP contribution in [-0.4, -0.2) is 29.3 Å². The van der Waals surface area contributed by atoms with Gasteiger partial charge in [0.25, 0.3) is 0 Å². The van der Waals surface area contributed by atoms with Crippen LogP contribution in [0.25, 0.3) is 0 Å². The highest BCUT2D eigenvalue weighted by Gasteiger charge is 2.38. The number of hydrogen-bond acceptors (Lipinski definition) is 5. The van der Waals surface area contributed by atoms with Crippen molar-refractivity contribution in [3.05, 3.63) is 35.9 Å². The van der Waals surface area contributed by atoms with Gasteiger partial charge in [0, 0.05) is 0 Å². The van der Waals surface area contributed by atoms with Crippen LogP contribution in [0.5, 0.6) is 0 Å². The molecule has 5 heteroatoms. The second kappa shape index (κ2) is 8.83. The van der Waals surface area contributed by atoms with Gasteiger partial charge in [-0.05, 0) is 32.3 Å². The van der Waals surface area contributed by atoms with E-state index in [9.17, 15) is 14.7 Å². The minimum atomic E-state index is -0.735. The van der Waals surface area contributed by atoms with E-state index in [1.165, 1.54) is 0 Å². The Morgan fingerprint density at radius 3 is 2.25 bits per heavy atom. The van der Waals surface area contributed by atoms with Gasteiger partial charge in [-0.3, -0.25) is 9.59 Å². The van der Waals surface area contributed by atoms with E-state index >= 15 is 0 Å². The van der Waals surface area contributed by atoms with Crippen LogP contribution in [0.3, 0.4) is 0 Å². The maximum atomic E-state index is 12.4. The Hall–Kier alpha value is -1.88. The number of aliphatic hydroxyl groups is 1. The van der Waals surface area contributed by atoms with Gasteiger partial charge in [-0.25, -0.2) is 0 Å². The van der Waals surface area contributed by atoms with Crippen molar-refractivity contribution in [2.45, 2.75) is 58.3 Å². The summed E-state index contributed by atoms with van der Waals surface area (Å²) >= 11 is 0. The highest BCUT2D eigenvalue weighted by atomic mass is 16.6. The van der Waals surface area contributed by atoms with Crippen LogP contribution in [0.1, 0.15) is 45.1 Å². The summed E-state index contributed by atoms with van der Waals surface area (Å²) in [6.07, 6.45) is 1.74. The molecular formula is C19H26O5. The first kappa shape index (κ1) is 18.5. The van der Waals surface area contributed by atoms with Gasteiger partial charge >= 0.3 is 11.9 Å². The van der Waals surface area contributed by atoms with E-state index in [1.54, 1.807) is 13.8 Å². The Labute approximate surface area is 143 Å². The van der Waals surface area contributed by atoms with Crippen molar-refractivity contribution in [3.8, 4) is 0 Å². The standard InChI is InChI=1S/C19H26O5/c1-13(20)14(2)24-19(22)17-11-7-6-10-16(17)18(21)23-12-15-8-4-3-5-9-15/h3-5,8-9,13-14,16-17,20H,6-7,10-12H2,1-2H3. The number of ether oxygens (including phenoxy) is 2. The Balaban J connectivity index is 1.95. The fourth-order valence-electron chi connectivity index (χ4n) is 2.90. The molecule has 0 saturated heterocycles. The topological polar surface area (TPSA) is 72.8 Å². The Bertz CT molecular complexity index is 540. The zero-order valence-corrected chi connectivity index (χ0v) is 14.3. The molecule has 24 heavy (non-hydrogen) atoms. The molecule has 2 rings (SSSR count). The molecule has 1 aliphatic rings. The van der Waals surface area contributed by atoms with Crippen LogP contribution in [0.4, 0.5) is 0 Å². The summed E-state index contributed by atoms with van der Waals surface area (Å²) < 4.78 is 10.7. The highest BCUT2D eigenvalue weighted by Crippen LogP contribution is 2.32. The minimum absolute atomic E-state index is 0.210. The van der Waals surface area contributed by atoms with Crippen molar-refractivity contribution in [2.75, 3.05) is 0 Å². The third-order valence-corrected chi connectivity index (χ3v) is 4.58. The van der Waals surface area contributed by atoms with Crippen LogP contribution in [0, 0.1) is 11.8 Å². The van der Waals surface area contributed by atoms with Gasteiger partial charge in [-0.2, -0.15) is 0 Å². The van der Waals surface area contributed by atoms with Crippen molar-refractivity contribution in [1.82, 2.24) is 0 Å². The van der Waals surface area contributed by atoms with Gasteiger partial charge in [0.1, 0.15) is 12.7 Å². The fourth-order valence-corrected chi connectivity index (χ4v) is 2.90. The van der Waals surface area contributed by atoms with Gasteiger partial charge in [-0.1, -0.05) is 43.2 Å². The first-order valence-electron chi connectivity index (χ1n) is 8.58. The summed E-state index contributed by atoms with van der Waals surface area (Å²) in [5.41, 5.74) is 0.920. The molecule has 0 amide bonds. The highest BCUT2D eigenvalue weighted by molar-refractivity contribution is 5.82. The minimum Gasteiger partial charge on any atom is -0.461 e. The Kier molecular flexibility index (Phi) is 6.79. The van der Waals surface area contributed by atoms with E-state index in [0.29, 0.717) is 12.8 Å². The third-order valence-electron chi connectivity index (χ3n) is 4.58. The van der Waals surface area contributed by atoms with Gasteiger partial charge in [-0.15, -0.1) is 0 Å². The van der Waals surface area contributed by atoms with Crippen molar-refractivity contribution in [2.24, 2.45) is 11.8 Å². The van der Waals surface area contributed by atoms with Crippen molar-refractivity contribution in [1.29, 1.82) is 0 Å². The molecule has 4 atom stereocenters. The average molecular weight is 334 g/mol. The summed E-state index contributed by atoms with van der Waals surface area (Å²) in [4.78, 5) is 24.8. The lowest BCUT2D eigenvalue weighted by Gasteiger charge is -2.29. The molecule has 1 aliphatic carbocycles. The summed E-state index contributed by atoms with van der Waals surface area (Å²) in [5.74, 6) is -1.70. The fraction of sp³-hybridized carbons (Fsp3) is 0.579. The number of aliphatic hydroxyl groups excluding tert-OH is 1. The molecule has 0 bridgehead atoms. The first-order valence-corrected chi connectivity index (χ1v) is 8.58. The molecule has 5 nitrogen and oxygen atoms in total. The molecule has 1 saturated carbocycles. The van der Waals surface area contributed by atoms with Crippen molar-refractivity contribution >= 4 is 11.9 Å². The summed E-state index contributed by atoms with van der Waals surface area (Å²) in [7, 11) is 0. The molecule has 0 aromatic heterocycles. The Morgan fingerprint density at radius 1 is 1.08 bits per heavy atom. The zero-order valence-electron chi connectivity index (χ0n) is 14.3. The van der Waals surface area contributed by atoms with Crippen LogP contribution < -0.4 is 0 Å². The predicted molar refractivity (Wildman–Crippen MR) is 88.9 cm³/mol. The second-order valence-corrected chi connectivity index (χ2v) is 6.47. The summed E-state index contributed by atoms with van der Waals surface area (Å²) in [6.45, 7) is 3.43. The van der Waals surface area contributed by atoms with Crippen molar-refractivity contribution < 1.29 is 24.2 Å². The molecule has 1 N–H and O–H groups in total. The second-order valence-electron chi connectivity index (χ2n) is 6.47. The van der Waals surface area contributed by atoms with Gasteiger partial charge in [0.2, 0.25) is 0 Å². The van der Waals surface area contributed by atoms with Gasteiger partial charge in [0.15, 0.2) is 0 Å². The Morgan fingerprint density at radius 2 is 1.67 bits per heavy atom. The first-order chi connectivity index (χ1) is 11.5. The number of carbonyl (C=O) groups excluding carboxylic acids is 2. The molecule has 1 aromatic rings. The van der Waals surface area contributed by atoms with Gasteiger partial charge in [0.05, 0.1) is 17.9 Å². The summed E-state index contributed by atoms with van der Waals surface area (Å²) in [5, 5.41) is 9.48. The molecule has 0 aliphatic heterocycles. The van der Waals surface area contributed by atoms with E-state index < -0.39 is 30.0 Å². The maximum absolute atomic E-state index is 12.4. The van der Waals surface area contributed by atoms with Crippen LogP contribution >= 0.6 is 0 Å². The molecule has 0 heterocycles. The number of benzene rings is 1. The quantitative estimate of drug-likeness (QED) is 0.810. The molecule has 1 aromatic carbocycles. The van der Waals surface area contributed by atoms with Crippen molar-refractivity contribution in [3.63, 3.8) is 0 Å². The normalized spacial score (nSPS) is 23.1. The lowest BCUT2D eigenvalue weighted by atomic mass is 9.79. The maximum Gasteiger partial charge on any atom is 0.310 e. The SMILES string of the molecule is CC(O)C(C)OC(=O)C1CCCCC1C(=O)OCc1ccccc1. The lowest BCUT2D eigenvalue weighted by molar-refractivity contribution is -0.169. The largest absolute Gasteiger partial charge is 0.461 e. The molecule has 132 valence electrons. The lowest BCUT2D eigenvalue weighted by Crippen LogP contribution is -2.37. The number of esters is 2. The predicted octanol–water partition coefficient (Wildman–Crippen LogP) is 2.85. The third kappa shape index (κ3) is 5.06. The van der Waals surface area contributed by atoms with Crippen LogP contribution in [0.15, 0.2) is 30.3 Å². The summed E-state index contributed by atoms with van der Waals surface area (Å²) in [6, 6.07) is 9.47. The van der Waals surface area contributed by atoms with E-state index in [1.807, 2.05) is 30.3 Å². The van der Waals surface area contributed by atoms with Crippen LogP contribution in [-0.2, 0) is 25.7 Å². The molecule has 4 unspecified atom stereocenters. The molecule has 1 fully saturated rings. The van der Waals surface area contributed by atoms with Gasteiger partial charge < -0.3 is 14.6 Å².